The smallest absolute Gasteiger partial charge is 0.0585 e. The fourth-order valence-corrected chi connectivity index (χ4v) is 0.466. The monoisotopic (exact) mass is 118 g/mol. The molecule has 0 rings (SSSR count). The van der Waals surface area contributed by atoms with Crippen LogP contribution in [-0.4, -0.2) is 22.9 Å². The summed E-state index contributed by atoms with van der Waals surface area (Å²) in [5.41, 5.74) is 0. The van der Waals surface area contributed by atoms with Gasteiger partial charge in [0.05, 0.1) is 6.10 Å². The molecule has 0 aromatic carbocycles. The van der Waals surface area contributed by atoms with Crippen LogP contribution in [0.4, 0.5) is 0 Å². The van der Waals surface area contributed by atoms with Crippen LogP contribution in [0.3, 0.4) is 0 Å². The molecular weight excluding hydrogens is 104 g/mol. The molecule has 0 fully saturated rings. The van der Waals surface area contributed by atoms with Crippen LogP contribution in [0, 0.1) is 5.92 Å². The van der Waals surface area contributed by atoms with Gasteiger partial charge >= 0.3 is 0 Å². The Bertz CT molecular complexity index is 52.5. The van der Waals surface area contributed by atoms with E-state index in [0.717, 1.165) is 0 Å². The van der Waals surface area contributed by atoms with Gasteiger partial charge in [-0.1, -0.05) is 13.8 Å². The maximum atomic E-state index is 8.97. The minimum Gasteiger partial charge on any atom is -0.396 e. The quantitative estimate of drug-likeness (QED) is 0.562. The van der Waals surface area contributed by atoms with Crippen molar-refractivity contribution in [2.75, 3.05) is 6.61 Å². The topological polar surface area (TPSA) is 40.5 Å². The highest BCUT2D eigenvalue weighted by Crippen LogP contribution is 2.03. The second-order valence-corrected chi connectivity index (χ2v) is 2.32. The molecule has 2 heteroatoms. The van der Waals surface area contributed by atoms with E-state index in [1.165, 1.54) is 0 Å². The van der Waals surface area contributed by atoms with Gasteiger partial charge < -0.3 is 10.2 Å². The Balaban J connectivity index is 3.17. The number of aliphatic hydroxyl groups excluding tert-OH is 2. The first-order valence-corrected chi connectivity index (χ1v) is 2.97. The molecule has 0 saturated carbocycles. The third-order valence-electron chi connectivity index (χ3n) is 1.19. The van der Waals surface area contributed by atoms with Crippen molar-refractivity contribution in [1.82, 2.24) is 0 Å². The van der Waals surface area contributed by atoms with E-state index in [1.54, 1.807) is 0 Å². The summed E-state index contributed by atoms with van der Waals surface area (Å²) in [6.07, 6.45) is 0.164. The van der Waals surface area contributed by atoms with Crippen molar-refractivity contribution in [3.63, 3.8) is 0 Å². The first-order chi connectivity index (χ1) is 3.68. The Morgan fingerprint density at radius 1 is 1.38 bits per heavy atom. The predicted octanol–water partition coefficient (Wildman–Crippen LogP) is 0.386. The van der Waals surface area contributed by atoms with Gasteiger partial charge in [0.25, 0.3) is 0 Å². The molecule has 0 heterocycles. The third kappa shape index (κ3) is 2.99. The molecule has 0 radical (unpaired) electrons. The Morgan fingerprint density at radius 2 is 1.88 bits per heavy atom. The second-order valence-electron chi connectivity index (χ2n) is 2.32. The molecule has 0 aromatic heterocycles. The first-order valence-electron chi connectivity index (χ1n) is 2.97. The third-order valence-corrected chi connectivity index (χ3v) is 1.19. The molecule has 2 nitrogen and oxygen atoms in total. The van der Waals surface area contributed by atoms with Crippen LogP contribution in [0.2, 0.25) is 0 Å². The number of rotatable bonds is 3. The first kappa shape index (κ1) is 7.92. The highest BCUT2D eigenvalue weighted by molar-refractivity contribution is 4.57. The minimum atomic E-state index is -0.333. The molecule has 1 atom stereocenters. The minimum absolute atomic E-state index is 0.0827. The van der Waals surface area contributed by atoms with Gasteiger partial charge in [-0.25, -0.2) is 0 Å². The average molecular weight is 118 g/mol. The zero-order chi connectivity index (χ0) is 6.57. The van der Waals surface area contributed by atoms with E-state index in [1.807, 2.05) is 13.8 Å². The standard InChI is InChI=1S/C6H14O2/c1-5(2)6(8)3-4-7/h5-8H,3-4H2,1-2H3/t6-/m0/s1. The summed E-state index contributed by atoms with van der Waals surface area (Å²) in [7, 11) is 0. The van der Waals surface area contributed by atoms with Crippen molar-refractivity contribution in [3.8, 4) is 0 Å². The van der Waals surface area contributed by atoms with Gasteiger partial charge in [-0.05, 0) is 12.3 Å². The fraction of sp³-hybridized carbons (Fsp3) is 1.00. The van der Waals surface area contributed by atoms with Gasteiger partial charge in [-0.2, -0.15) is 0 Å². The summed E-state index contributed by atoms with van der Waals surface area (Å²) in [6.45, 7) is 3.94. The van der Waals surface area contributed by atoms with Crippen LogP contribution in [0.25, 0.3) is 0 Å². The molecule has 0 aromatic rings. The lowest BCUT2D eigenvalue weighted by Crippen LogP contribution is -2.15. The Kier molecular flexibility index (Phi) is 3.83. The molecule has 0 spiro atoms. The largest absolute Gasteiger partial charge is 0.396 e. The summed E-state index contributed by atoms with van der Waals surface area (Å²) in [6, 6.07) is 0. The van der Waals surface area contributed by atoms with Gasteiger partial charge in [0, 0.05) is 6.61 Å². The molecule has 0 amide bonds. The maximum absolute atomic E-state index is 8.97. The molecule has 2 N–H and O–H groups in total. The highest BCUT2D eigenvalue weighted by atomic mass is 16.3. The molecule has 50 valence electrons. The summed E-state index contributed by atoms with van der Waals surface area (Å²) < 4.78 is 0. The van der Waals surface area contributed by atoms with E-state index in [-0.39, 0.29) is 18.6 Å². The number of aliphatic hydroxyl groups is 2. The van der Waals surface area contributed by atoms with Gasteiger partial charge in [0.15, 0.2) is 0 Å². The Morgan fingerprint density at radius 3 is 2.00 bits per heavy atom. The lowest BCUT2D eigenvalue weighted by molar-refractivity contribution is 0.0931. The Hall–Kier alpha value is -0.0800. The van der Waals surface area contributed by atoms with Gasteiger partial charge in [-0.15, -0.1) is 0 Å². The van der Waals surface area contributed by atoms with Crippen molar-refractivity contribution in [2.45, 2.75) is 26.4 Å². The van der Waals surface area contributed by atoms with Crippen LogP contribution >= 0.6 is 0 Å². The predicted molar refractivity (Wildman–Crippen MR) is 32.5 cm³/mol. The summed E-state index contributed by atoms with van der Waals surface area (Å²) in [5.74, 6) is 0.266. The molecule has 0 bridgehead atoms. The molecule has 0 aliphatic carbocycles. The van der Waals surface area contributed by atoms with E-state index in [2.05, 4.69) is 0 Å². The van der Waals surface area contributed by atoms with Crippen molar-refractivity contribution < 1.29 is 10.2 Å². The van der Waals surface area contributed by atoms with E-state index < -0.39 is 0 Å². The molecule has 0 unspecified atom stereocenters. The van der Waals surface area contributed by atoms with Crippen LogP contribution in [0.1, 0.15) is 20.3 Å². The van der Waals surface area contributed by atoms with Crippen molar-refractivity contribution in [3.05, 3.63) is 0 Å². The lowest BCUT2D eigenvalue weighted by atomic mass is 10.1. The van der Waals surface area contributed by atoms with Crippen LogP contribution in [0.15, 0.2) is 0 Å². The molecule has 0 aliphatic heterocycles. The molecular formula is C6H14O2. The van der Waals surface area contributed by atoms with Crippen LogP contribution < -0.4 is 0 Å². The summed E-state index contributed by atoms with van der Waals surface area (Å²) >= 11 is 0. The van der Waals surface area contributed by atoms with Crippen molar-refractivity contribution in [1.29, 1.82) is 0 Å². The second kappa shape index (κ2) is 3.87. The number of hydrogen-bond donors (Lipinski definition) is 2. The Labute approximate surface area is 50.2 Å². The van der Waals surface area contributed by atoms with Gasteiger partial charge in [-0.3, -0.25) is 0 Å². The zero-order valence-electron chi connectivity index (χ0n) is 5.46. The van der Waals surface area contributed by atoms with E-state index in [9.17, 15) is 0 Å². The summed E-state index contributed by atoms with van der Waals surface area (Å²) in [5, 5.41) is 17.3. The molecule has 0 aliphatic rings. The van der Waals surface area contributed by atoms with Crippen molar-refractivity contribution >= 4 is 0 Å². The molecule has 0 saturated heterocycles. The maximum Gasteiger partial charge on any atom is 0.0585 e. The van der Waals surface area contributed by atoms with Gasteiger partial charge in [0.2, 0.25) is 0 Å². The lowest BCUT2D eigenvalue weighted by Gasteiger charge is -2.11. The van der Waals surface area contributed by atoms with Crippen molar-refractivity contribution in [2.24, 2.45) is 5.92 Å². The molecule has 8 heavy (non-hydrogen) atoms. The number of hydrogen-bond acceptors (Lipinski definition) is 2. The summed E-state index contributed by atoms with van der Waals surface area (Å²) in [4.78, 5) is 0. The van der Waals surface area contributed by atoms with E-state index in [4.69, 9.17) is 10.2 Å². The SMILES string of the molecule is CC(C)[C@@H](O)CCO. The van der Waals surface area contributed by atoms with E-state index in [0.29, 0.717) is 6.42 Å². The fourth-order valence-electron chi connectivity index (χ4n) is 0.466. The zero-order valence-corrected chi connectivity index (χ0v) is 5.46. The van der Waals surface area contributed by atoms with Crippen LogP contribution in [-0.2, 0) is 0 Å². The average Bonchev–Trinajstić information content (AvgIpc) is 1.67. The highest BCUT2D eigenvalue weighted by Gasteiger charge is 2.06. The van der Waals surface area contributed by atoms with Crippen LogP contribution in [0.5, 0.6) is 0 Å². The van der Waals surface area contributed by atoms with E-state index >= 15 is 0 Å². The van der Waals surface area contributed by atoms with Gasteiger partial charge in [0.1, 0.15) is 0 Å². The normalized spacial score (nSPS) is 14.6.